The first-order valence-electron chi connectivity index (χ1n) is 7.94. The summed E-state index contributed by atoms with van der Waals surface area (Å²) in [6.07, 6.45) is 8.32. The Labute approximate surface area is 125 Å². The van der Waals surface area contributed by atoms with Gasteiger partial charge in [0.05, 0.1) is 0 Å². The molecule has 2 amide bonds. The molecule has 0 bridgehead atoms. The van der Waals surface area contributed by atoms with Gasteiger partial charge in [0.1, 0.15) is 0 Å². The summed E-state index contributed by atoms with van der Waals surface area (Å²) in [5.41, 5.74) is 6.88. The van der Waals surface area contributed by atoms with Crippen molar-refractivity contribution in [3.05, 3.63) is 35.4 Å². The lowest BCUT2D eigenvalue weighted by molar-refractivity contribution is -0.123. The van der Waals surface area contributed by atoms with Crippen LogP contribution in [0.2, 0.25) is 0 Å². The number of rotatable bonds is 3. The van der Waals surface area contributed by atoms with Gasteiger partial charge in [0, 0.05) is 11.5 Å². The number of amides is 2. The zero-order valence-electron chi connectivity index (χ0n) is 12.2. The van der Waals surface area contributed by atoms with E-state index in [1.807, 2.05) is 24.3 Å². The van der Waals surface area contributed by atoms with E-state index < -0.39 is 0 Å². The first-order chi connectivity index (χ1) is 10.2. The van der Waals surface area contributed by atoms with Gasteiger partial charge >= 0.3 is 0 Å². The van der Waals surface area contributed by atoms with Crippen LogP contribution in [0.4, 0.5) is 0 Å². The van der Waals surface area contributed by atoms with E-state index in [-0.39, 0.29) is 17.7 Å². The van der Waals surface area contributed by atoms with E-state index in [0.29, 0.717) is 11.5 Å². The zero-order chi connectivity index (χ0) is 14.7. The van der Waals surface area contributed by atoms with E-state index in [4.69, 9.17) is 0 Å². The highest BCUT2D eigenvalue weighted by Crippen LogP contribution is 2.32. The number of nitrogens with one attached hydrogen (secondary N) is 2. The molecular weight excluding hydrogens is 264 g/mol. The third-order valence-electron chi connectivity index (χ3n) is 4.50. The summed E-state index contributed by atoms with van der Waals surface area (Å²) in [7, 11) is 0. The first-order valence-corrected chi connectivity index (χ1v) is 7.94. The first kappa shape index (κ1) is 14.1. The predicted molar refractivity (Wildman–Crippen MR) is 80.6 cm³/mol. The summed E-state index contributed by atoms with van der Waals surface area (Å²) in [4.78, 5) is 23.4. The molecule has 4 nitrogen and oxygen atoms in total. The van der Waals surface area contributed by atoms with E-state index in [2.05, 4.69) is 10.9 Å². The molecular formula is C17H22N2O2. The molecule has 0 saturated heterocycles. The van der Waals surface area contributed by atoms with E-state index in [9.17, 15) is 9.59 Å². The van der Waals surface area contributed by atoms with Crippen LogP contribution in [-0.2, 0) is 4.79 Å². The normalized spacial score (nSPS) is 19.0. The lowest BCUT2D eigenvalue weighted by Gasteiger charge is -2.22. The van der Waals surface area contributed by atoms with Crippen molar-refractivity contribution in [3.63, 3.8) is 0 Å². The molecule has 0 unspecified atom stereocenters. The molecule has 3 rings (SSSR count). The molecule has 0 spiro atoms. The van der Waals surface area contributed by atoms with Crippen LogP contribution in [0.15, 0.2) is 24.3 Å². The molecule has 4 heteroatoms. The van der Waals surface area contributed by atoms with Crippen molar-refractivity contribution in [2.24, 2.45) is 5.92 Å². The summed E-state index contributed by atoms with van der Waals surface area (Å²) in [6, 6.07) is 7.80. The number of carbonyl (C=O) groups is 2. The van der Waals surface area contributed by atoms with Crippen LogP contribution in [0.5, 0.6) is 0 Å². The Bertz CT molecular complexity index is 514. The Morgan fingerprint density at radius 2 is 1.52 bits per heavy atom. The summed E-state index contributed by atoms with van der Waals surface area (Å²) in [6.45, 7) is 0. The van der Waals surface area contributed by atoms with E-state index in [0.717, 1.165) is 12.8 Å². The zero-order valence-corrected chi connectivity index (χ0v) is 12.2. The molecule has 0 aliphatic heterocycles. The smallest absolute Gasteiger partial charge is 0.269 e. The van der Waals surface area contributed by atoms with Gasteiger partial charge in [-0.1, -0.05) is 31.4 Å². The fourth-order valence-corrected chi connectivity index (χ4v) is 2.98. The van der Waals surface area contributed by atoms with Gasteiger partial charge in [-0.25, -0.2) is 0 Å². The van der Waals surface area contributed by atoms with Crippen LogP contribution in [0, 0.1) is 5.92 Å². The fraction of sp³-hybridized carbons (Fsp3) is 0.529. The molecule has 2 fully saturated rings. The number of hydrogen-bond donors (Lipinski definition) is 2. The minimum Gasteiger partial charge on any atom is -0.273 e. The number of hydrogen-bond acceptors (Lipinski definition) is 2. The molecule has 2 N–H and O–H groups in total. The standard InChI is InChI=1S/C17H22N2O2/c20-16(18-19-17(21)15-10-11-15)14-8-6-13(7-9-14)12-4-2-1-3-5-12/h6-9,12,15H,1-5,10-11H2,(H,18,20)(H,19,21). The summed E-state index contributed by atoms with van der Waals surface area (Å²) >= 11 is 0. The van der Waals surface area contributed by atoms with E-state index in [1.165, 1.54) is 37.7 Å². The van der Waals surface area contributed by atoms with E-state index >= 15 is 0 Å². The van der Waals surface area contributed by atoms with Gasteiger partial charge in [0.25, 0.3) is 5.91 Å². The molecule has 0 heterocycles. The van der Waals surface area contributed by atoms with Crippen LogP contribution in [0.25, 0.3) is 0 Å². The Morgan fingerprint density at radius 3 is 2.14 bits per heavy atom. The summed E-state index contributed by atoms with van der Waals surface area (Å²) in [5, 5.41) is 0. The Balaban J connectivity index is 1.55. The molecule has 2 aliphatic carbocycles. The van der Waals surface area contributed by atoms with Crippen molar-refractivity contribution < 1.29 is 9.59 Å². The minimum absolute atomic E-state index is 0.0813. The van der Waals surface area contributed by atoms with Gasteiger partial charge in [-0.15, -0.1) is 0 Å². The Kier molecular flexibility index (Phi) is 4.23. The monoisotopic (exact) mass is 286 g/mol. The number of benzene rings is 1. The SMILES string of the molecule is O=C(NNC(=O)C1CC1)c1ccc(C2CCCCC2)cc1. The molecule has 2 aliphatic rings. The lowest BCUT2D eigenvalue weighted by Crippen LogP contribution is -2.42. The van der Waals surface area contributed by atoms with Crippen LogP contribution in [0.1, 0.15) is 66.8 Å². The van der Waals surface area contributed by atoms with Crippen molar-refractivity contribution in [1.29, 1.82) is 0 Å². The molecule has 21 heavy (non-hydrogen) atoms. The predicted octanol–water partition coefficient (Wildman–Crippen LogP) is 2.91. The second-order valence-electron chi connectivity index (χ2n) is 6.17. The van der Waals surface area contributed by atoms with Gasteiger partial charge in [0.2, 0.25) is 5.91 Å². The van der Waals surface area contributed by atoms with Crippen molar-refractivity contribution in [2.45, 2.75) is 50.9 Å². The topological polar surface area (TPSA) is 58.2 Å². The maximum Gasteiger partial charge on any atom is 0.269 e. The van der Waals surface area contributed by atoms with Crippen molar-refractivity contribution in [3.8, 4) is 0 Å². The average Bonchev–Trinajstić information content (AvgIpc) is 3.38. The highest BCUT2D eigenvalue weighted by atomic mass is 16.2. The van der Waals surface area contributed by atoms with Gasteiger partial charge < -0.3 is 0 Å². The number of hydrazine groups is 1. The van der Waals surface area contributed by atoms with Crippen LogP contribution in [-0.4, -0.2) is 11.8 Å². The largest absolute Gasteiger partial charge is 0.273 e. The quantitative estimate of drug-likeness (QED) is 0.839. The third kappa shape index (κ3) is 3.63. The Morgan fingerprint density at radius 1 is 0.857 bits per heavy atom. The second-order valence-corrected chi connectivity index (χ2v) is 6.17. The lowest BCUT2D eigenvalue weighted by atomic mass is 9.84. The van der Waals surface area contributed by atoms with Crippen LogP contribution < -0.4 is 10.9 Å². The highest BCUT2D eigenvalue weighted by molar-refractivity contribution is 5.95. The molecule has 0 aromatic heterocycles. The van der Waals surface area contributed by atoms with Crippen molar-refractivity contribution in [2.75, 3.05) is 0 Å². The van der Waals surface area contributed by atoms with Gasteiger partial charge in [-0.2, -0.15) is 0 Å². The third-order valence-corrected chi connectivity index (χ3v) is 4.50. The van der Waals surface area contributed by atoms with Gasteiger partial charge in [-0.3, -0.25) is 20.4 Å². The highest BCUT2D eigenvalue weighted by Gasteiger charge is 2.29. The van der Waals surface area contributed by atoms with Crippen LogP contribution in [0.3, 0.4) is 0 Å². The molecule has 112 valence electrons. The van der Waals surface area contributed by atoms with Gasteiger partial charge in [0.15, 0.2) is 0 Å². The molecule has 1 aromatic carbocycles. The minimum atomic E-state index is -0.251. The molecule has 1 aromatic rings. The molecule has 0 atom stereocenters. The maximum absolute atomic E-state index is 12.0. The van der Waals surface area contributed by atoms with Crippen LogP contribution >= 0.6 is 0 Å². The van der Waals surface area contributed by atoms with Gasteiger partial charge in [-0.05, 0) is 49.3 Å². The van der Waals surface area contributed by atoms with Crippen molar-refractivity contribution in [1.82, 2.24) is 10.9 Å². The maximum atomic E-state index is 12.0. The molecule has 2 saturated carbocycles. The average molecular weight is 286 g/mol. The number of carbonyl (C=O) groups excluding carboxylic acids is 2. The van der Waals surface area contributed by atoms with Crippen molar-refractivity contribution >= 4 is 11.8 Å². The summed E-state index contributed by atoms with van der Waals surface area (Å²) < 4.78 is 0. The second kappa shape index (κ2) is 6.29. The Hall–Kier alpha value is -1.84. The fourth-order valence-electron chi connectivity index (χ4n) is 2.98. The summed E-state index contributed by atoms with van der Waals surface area (Å²) in [5.74, 6) is 0.408. The van der Waals surface area contributed by atoms with E-state index in [1.54, 1.807) is 0 Å². The molecule has 0 radical (unpaired) electrons.